The van der Waals surface area contributed by atoms with Crippen molar-refractivity contribution < 1.29 is 14.6 Å². The Bertz CT molecular complexity index is 179. The standard InChI is InChI=1S/C8H15NO3/c1-3-8(2,11)6-9-4-5-12-7(9)10/h11H,3-6H2,1-2H3. The zero-order valence-electron chi connectivity index (χ0n) is 7.54. The minimum Gasteiger partial charge on any atom is -0.448 e. The van der Waals surface area contributed by atoms with Crippen LogP contribution in [0, 0.1) is 0 Å². The Kier molecular flexibility index (Phi) is 2.57. The zero-order chi connectivity index (χ0) is 9.19. The van der Waals surface area contributed by atoms with Crippen LogP contribution in [0.1, 0.15) is 20.3 Å². The van der Waals surface area contributed by atoms with Gasteiger partial charge in [0, 0.05) is 0 Å². The molecule has 1 N–H and O–H groups in total. The SMILES string of the molecule is CCC(C)(O)CN1CCOC1=O. The number of hydrogen-bond donors (Lipinski definition) is 1. The molecule has 1 amide bonds. The van der Waals surface area contributed by atoms with Gasteiger partial charge in [-0.2, -0.15) is 0 Å². The first-order valence-electron chi connectivity index (χ1n) is 4.19. The predicted octanol–water partition coefficient (Wildman–Crippen LogP) is 0.600. The average molecular weight is 173 g/mol. The third-order valence-corrected chi connectivity index (χ3v) is 2.14. The van der Waals surface area contributed by atoms with E-state index in [4.69, 9.17) is 4.74 Å². The maximum absolute atomic E-state index is 11.0. The first-order chi connectivity index (χ1) is 5.55. The van der Waals surface area contributed by atoms with Gasteiger partial charge in [0.15, 0.2) is 0 Å². The van der Waals surface area contributed by atoms with E-state index in [1.165, 1.54) is 4.90 Å². The van der Waals surface area contributed by atoms with Crippen LogP contribution in [-0.4, -0.2) is 41.4 Å². The van der Waals surface area contributed by atoms with Gasteiger partial charge in [-0.05, 0) is 13.3 Å². The highest BCUT2D eigenvalue weighted by atomic mass is 16.6. The Morgan fingerprint density at radius 3 is 2.83 bits per heavy atom. The third kappa shape index (κ3) is 2.11. The lowest BCUT2D eigenvalue weighted by molar-refractivity contribution is 0.0289. The normalized spacial score (nSPS) is 22.2. The smallest absolute Gasteiger partial charge is 0.410 e. The van der Waals surface area contributed by atoms with E-state index < -0.39 is 5.60 Å². The second-order valence-electron chi connectivity index (χ2n) is 3.39. The van der Waals surface area contributed by atoms with Crippen molar-refractivity contribution in [1.82, 2.24) is 4.90 Å². The van der Waals surface area contributed by atoms with Gasteiger partial charge in [-0.3, -0.25) is 0 Å². The number of cyclic esters (lactones) is 1. The van der Waals surface area contributed by atoms with Gasteiger partial charge >= 0.3 is 6.09 Å². The van der Waals surface area contributed by atoms with E-state index in [-0.39, 0.29) is 6.09 Å². The van der Waals surface area contributed by atoms with Gasteiger partial charge in [-0.25, -0.2) is 4.79 Å². The van der Waals surface area contributed by atoms with E-state index in [9.17, 15) is 9.90 Å². The molecule has 4 nitrogen and oxygen atoms in total. The van der Waals surface area contributed by atoms with Crippen LogP contribution in [0.2, 0.25) is 0 Å². The Hall–Kier alpha value is -0.770. The average Bonchev–Trinajstić information content (AvgIpc) is 2.36. The van der Waals surface area contributed by atoms with E-state index in [1.807, 2.05) is 6.92 Å². The number of β-amino-alcohol motifs (C(OH)–C–C–N with tert-alkyl or cyclic N) is 1. The molecule has 1 heterocycles. The van der Waals surface area contributed by atoms with Crippen LogP contribution in [-0.2, 0) is 4.74 Å². The molecule has 0 saturated carbocycles. The Morgan fingerprint density at radius 2 is 2.42 bits per heavy atom. The van der Waals surface area contributed by atoms with Gasteiger partial charge in [-0.15, -0.1) is 0 Å². The van der Waals surface area contributed by atoms with Gasteiger partial charge < -0.3 is 14.7 Å². The predicted molar refractivity (Wildman–Crippen MR) is 43.8 cm³/mol. The molecule has 0 bridgehead atoms. The molecule has 0 spiro atoms. The van der Waals surface area contributed by atoms with E-state index in [2.05, 4.69) is 0 Å². The van der Waals surface area contributed by atoms with Crippen molar-refractivity contribution >= 4 is 6.09 Å². The van der Waals surface area contributed by atoms with Crippen LogP contribution in [0.15, 0.2) is 0 Å². The topological polar surface area (TPSA) is 49.8 Å². The molecule has 1 aliphatic heterocycles. The summed E-state index contributed by atoms with van der Waals surface area (Å²) in [6, 6.07) is 0. The van der Waals surface area contributed by atoms with Gasteiger partial charge in [0.1, 0.15) is 6.61 Å². The van der Waals surface area contributed by atoms with Crippen LogP contribution < -0.4 is 0 Å². The second-order valence-corrected chi connectivity index (χ2v) is 3.39. The Labute approximate surface area is 72.1 Å². The molecule has 1 saturated heterocycles. The number of hydrogen-bond acceptors (Lipinski definition) is 3. The molecule has 0 aliphatic carbocycles. The second kappa shape index (κ2) is 3.31. The van der Waals surface area contributed by atoms with Crippen LogP contribution in [0.4, 0.5) is 4.79 Å². The fourth-order valence-corrected chi connectivity index (χ4v) is 1.09. The quantitative estimate of drug-likeness (QED) is 0.680. The van der Waals surface area contributed by atoms with Crippen LogP contribution in [0.3, 0.4) is 0 Å². The fraction of sp³-hybridized carbons (Fsp3) is 0.875. The van der Waals surface area contributed by atoms with Crippen LogP contribution in [0.5, 0.6) is 0 Å². The van der Waals surface area contributed by atoms with Gasteiger partial charge in [0.05, 0.1) is 18.7 Å². The maximum atomic E-state index is 11.0. The highest BCUT2D eigenvalue weighted by Gasteiger charge is 2.29. The molecule has 0 aromatic heterocycles. The van der Waals surface area contributed by atoms with Crippen LogP contribution >= 0.6 is 0 Å². The number of nitrogens with zero attached hydrogens (tertiary/aromatic N) is 1. The van der Waals surface area contributed by atoms with Gasteiger partial charge in [0.25, 0.3) is 0 Å². The lowest BCUT2D eigenvalue weighted by Crippen LogP contribution is -2.40. The minimum absolute atomic E-state index is 0.316. The summed E-state index contributed by atoms with van der Waals surface area (Å²) in [7, 11) is 0. The number of carbonyl (C=O) groups is 1. The number of aliphatic hydroxyl groups is 1. The summed E-state index contributed by atoms with van der Waals surface area (Å²) in [5, 5.41) is 9.65. The highest BCUT2D eigenvalue weighted by molar-refractivity contribution is 5.69. The lowest BCUT2D eigenvalue weighted by atomic mass is 10.0. The largest absolute Gasteiger partial charge is 0.448 e. The van der Waals surface area contributed by atoms with Crippen molar-refractivity contribution in [1.29, 1.82) is 0 Å². The van der Waals surface area contributed by atoms with Crippen molar-refractivity contribution in [2.24, 2.45) is 0 Å². The summed E-state index contributed by atoms with van der Waals surface area (Å²) in [6.45, 7) is 5.01. The molecule has 0 aromatic rings. The Morgan fingerprint density at radius 1 is 1.75 bits per heavy atom. The summed E-state index contributed by atoms with van der Waals surface area (Å²) in [5.41, 5.74) is -0.788. The molecule has 1 fully saturated rings. The fourth-order valence-electron chi connectivity index (χ4n) is 1.09. The molecular weight excluding hydrogens is 158 g/mol. The van der Waals surface area contributed by atoms with Crippen LogP contribution in [0.25, 0.3) is 0 Å². The molecule has 0 aromatic carbocycles. The van der Waals surface area contributed by atoms with Gasteiger partial charge in [0.2, 0.25) is 0 Å². The van der Waals surface area contributed by atoms with Crippen molar-refractivity contribution in [2.75, 3.05) is 19.7 Å². The number of ether oxygens (including phenoxy) is 1. The minimum atomic E-state index is -0.788. The van der Waals surface area contributed by atoms with Crippen molar-refractivity contribution in [3.05, 3.63) is 0 Å². The van der Waals surface area contributed by atoms with Crippen molar-refractivity contribution in [3.63, 3.8) is 0 Å². The summed E-state index contributed by atoms with van der Waals surface area (Å²) in [4.78, 5) is 12.5. The maximum Gasteiger partial charge on any atom is 0.410 e. The highest BCUT2D eigenvalue weighted by Crippen LogP contribution is 2.13. The van der Waals surface area contributed by atoms with Crippen molar-refractivity contribution in [3.8, 4) is 0 Å². The number of rotatable bonds is 3. The molecule has 1 atom stereocenters. The Balaban J connectivity index is 2.45. The molecule has 1 aliphatic rings. The third-order valence-electron chi connectivity index (χ3n) is 2.14. The van der Waals surface area contributed by atoms with Gasteiger partial charge in [-0.1, -0.05) is 6.92 Å². The summed E-state index contributed by atoms with van der Waals surface area (Å²) in [6.07, 6.45) is 0.320. The summed E-state index contributed by atoms with van der Waals surface area (Å²) >= 11 is 0. The zero-order valence-corrected chi connectivity index (χ0v) is 7.54. The molecule has 1 unspecified atom stereocenters. The van der Waals surface area contributed by atoms with Crippen molar-refractivity contribution in [2.45, 2.75) is 25.9 Å². The molecule has 70 valence electrons. The molecule has 0 radical (unpaired) electrons. The molecular formula is C8H15NO3. The molecule has 1 rings (SSSR count). The number of carbonyl (C=O) groups excluding carboxylic acids is 1. The number of amides is 1. The monoisotopic (exact) mass is 173 g/mol. The van der Waals surface area contributed by atoms with E-state index >= 15 is 0 Å². The first-order valence-corrected chi connectivity index (χ1v) is 4.19. The van der Waals surface area contributed by atoms with E-state index in [1.54, 1.807) is 6.92 Å². The van der Waals surface area contributed by atoms with E-state index in [0.717, 1.165) is 0 Å². The molecule has 12 heavy (non-hydrogen) atoms. The summed E-state index contributed by atoms with van der Waals surface area (Å²) in [5.74, 6) is 0. The summed E-state index contributed by atoms with van der Waals surface area (Å²) < 4.78 is 4.73. The lowest BCUT2D eigenvalue weighted by Gasteiger charge is -2.25. The van der Waals surface area contributed by atoms with E-state index in [0.29, 0.717) is 26.1 Å². The first kappa shape index (κ1) is 9.32. The molecule has 4 heteroatoms.